The third-order valence-electron chi connectivity index (χ3n) is 4.25. The number of anilines is 1. The Morgan fingerprint density at radius 1 is 1.30 bits per heavy atom. The van der Waals surface area contributed by atoms with Gasteiger partial charge in [-0.3, -0.25) is 4.79 Å². The topological polar surface area (TPSA) is 110 Å². The van der Waals surface area contributed by atoms with Gasteiger partial charge in [-0.05, 0) is 12.1 Å². The van der Waals surface area contributed by atoms with E-state index in [1.807, 2.05) is 6.07 Å². The number of carbonyl (C=O) groups is 1. The van der Waals surface area contributed by atoms with E-state index in [1.54, 1.807) is 29.1 Å². The number of nitrogens with one attached hydrogen (secondary N) is 1. The molecule has 4 aromatic rings. The molecule has 0 atom stereocenters. The molecule has 10 heteroatoms. The molecular formula is C20H14F2N6O2. The van der Waals surface area contributed by atoms with Crippen molar-refractivity contribution < 1.29 is 18.0 Å². The van der Waals surface area contributed by atoms with Crippen LogP contribution in [0.3, 0.4) is 0 Å². The van der Waals surface area contributed by atoms with Gasteiger partial charge >= 0.3 is 5.92 Å². The highest BCUT2D eigenvalue weighted by atomic mass is 19.3. The first kappa shape index (κ1) is 19.2. The second kappa shape index (κ2) is 7.04. The van der Waals surface area contributed by atoms with E-state index in [2.05, 4.69) is 20.3 Å². The molecule has 0 radical (unpaired) electrons. The average Bonchev–Trinajstić information content (AvgIpc) is 3.33. The number of carbonyl (C=O) groups excluding carboxylic acids is 1. The molecule has 150 valence electrons. The highest BCUT2D eigenvalue weighted by Gasteiger charge is 2.30. The number of hydrogen-bond acceptors (Lipinski definition) is 6. The average molecular weight is 408 g/mol. The van der Waals surface area contributed by atoms with Crippen LogP contribution in [0.2, 0.25) is 0 Å². The number of furan rings is 1. The molecule has 4 heterocycles. The number of nitriles is 1. The van der Waals surface area contributed by atoms with E-state index < -0.39 is 11.7 Å². The maximum atomic E-state index is 14.1. The lowest BCUT2D eigenvalue weighted by atomic mass is 10.2. The molecule has 0 aliphatic rings. The smallest absolute Gasteiger partial charge is 0.303 e. The number of aromatic nitrogens is 4. The molecule has 0 aliphatic heterocycles. The Balaban J connectivity index is 1.93. The minimum Gasteiger partial charge on any atom is -0.461 e. The highest BCUT2D eigenvalue weighted by molar-refractivity contribution is 5.91. The van der Waals surface area contributed by atoms with Crippen molar-refractivity contribution in [3.05, 3.63) is 54.3 Å². The van der Waals surface area contributed by atoms with E-state index in [1.165, 1.54) is 25.3 Å². The van der Waals surface area contributed by atoms with Crippen LogP contribution >= 0.6 is 0 Å². The number of pyridine rings is 1. The van der Waals surface area contributed by atoms with Crippen molar-refractivity contribution in [1.29, 1.82) is 5.26 Å². The second-order valence-corrected chi connectivity index (χ2v) is 6.59. The zero-order chi connectivity index (χ0) is 21.5. The number of hydrogen-bond donors (Lipinski definition) is 1. The molecule has 0 aromatic carbocycles. The quantitative estimate of drug-likeness (QED) is 0.546. The summed E-state index contributed by atoms with van der Waals surface area (Å²) in [6.07, 6.45) is 4.48. The van der Waals surface area contributed by atoms with Gasteiger partial charge in [-0.2, -0.15) is 14.0 Å². The summed E-state index contributed by atoms with van der Waals surface area (Å²) in [6, 6.07) is 8.17. The van der Waals surface area contributed by atoms with Crippen LogP contribution in [-0.4, -0.2) is 25.4 Å². The summed E-state index contributed by atoms with van der Waals surface area (Å²) >= 11 is 0. The fourth-order valence-corrected chi connectivity index (χ4v) is 2.94. The SMILES string of the molecule is CC(=O)Nc1cc2c(ccn2-c2cc(-c3occc3C#N)nc(C(C)(F)F)n2)cn1. The van der Waals surface area contributed by atoms with Crippen molar-refractivity contribution in [3.8, 4) is 23.3 Å². The number of fused-ring (bicyclic) bond motifs is 1. The summed E-state index contributed by atoms with van der Waals surface area (Å²) in [5, 5.41) is 12.5. The Bertz CT molecular complexity index is 1310. The van der Waals surface area contributed by atoms with E-state index >= 15 is 0 Å². The van der Waals surface area contributed by atoms with Crippen LogP contribution in [0, 0.1) is 11.3 Å². The van der Waals surface area contributed by atoms with Crippen molar-refractivity contribution >= 4 is 22.6 Å². The van der Waals surface area contributed by atoms with Gasteiger partial charge in [0.15, 0.2) is 5.76 Å². The number of amides is 1. The summed E-state index contributed by atoms with van der Waals surface area (Å²) in [5.41, 5.74) is 0.805. The van der Waals surface area contributed by atoms with Crippen LogP contribution in [0.25, 0.3) is 28.2 Å². The van der Waals surface area contributed by atoms with Crippen molar-refractivity contribution in [1.82, 2.24) is 19.5 Å². The second-order valence-electron chi connectivity index (χ2n) is 6.59. The molecule has 30 heavy (non-hydrogen) atoms. The lowest BCUT2D eigenvalue weighted by Crippen LogP contribution is -2.15. The first-order valence-corrected chi connectivity index (χ1v) is 8.76. The summed E-state index contributed by atoms with van der Waals surface area (Å²) in [7, 11) is 0. The van der Waals surface area contributed by atoms with Crippen LogP contribution in [0.5, 0.6) is 0 Å². The Kier molecular flexibility index (Phi) is 4.50. The first-order valence-electron chi connectivity index (χ1n) is 8.76. The normalized spacial score (nSPS) is 11.4. The molecule has 0 bridgehead atoms. The molecule has 4 rings (SSSR count). The van der Waals surface area contributed by atoms with Crippen molar-refractivity contribution in [2.75, 3.05) is 5.32 Å². The Labute approximate surface area is 168 Å². The van der Waals surface area contributed by atoms with Crippen LogP contribution in [-0.2, 0) is 10.7 Å². The van der Waals surface area contributed by atoms with E-state index in [9.17, 15) is 18.8 Å². The van der Waals surface area contributed by atoms with E-state index in [-0.39, 0.29) is 28.7 Å². The molecule has 0 fully saturated rings. The third-order valence-corrected chi connectivity index (χ3v) is 4.25. The molecule has 0 aliphatic carbocycles. The predicted octanol–water partition coefficient (Wildman–Crippen LogP) is 4.02. The standard InChI is InChI=1S/C20H14F2N6O2/c1-11(29)25-16-8-15-13(10-24-16)3-5-28(15)17-7-14(18-12(9-23)4-6-30-18)26-19(27-17)20(2,21)22/h3-8,10H,1-2H3,(H,24,25,29). The lowest BCUT2D eigenvalue weighted by Gasteiger charge is -2.13. The number of halogens is 2. The molecule has 0 spiro atoms. The van der Waals surface area contributed by atoms with Crippen molar-refractivity contribution in [3.63, 3.8) is 0 Å². The van der Waals surface area contributed by atoms with Crippen molar-refractivity contribution in [2.24, 2.45) is 0 Å². The monoisotopic (exact) mass is 408 g/mol. The van der Waals surface area contributed by atoms with E-state index in [0.717, 1.165) is 0 Å². The lowest BCUT2D eigenvalue weighted by molar-refractivity contribution is -0.114. The van der Waals surface area contributed by atoms with Crippen LogP contribution < -0.4 is 5.32 Å². The third kappa shape index (κ3) is 3.48. The molecule has 0 saturated heterocycles. The minimum absolute atomic E-state index is 0.0519. The summed E-state index contributed by atoms with van der Waals surface area (Å²) in [4.78, 5) is 23.4. The van der Waals surface area contributed by atoms with Crippen LogP contribution in [0.4, 0.5) is 14.6 Å². The van der Waals surface area contributed by atoms with E-state index in [0.29, 0.717) is 23.6 Å². The van der Waals surface area contributed by atoms with Gasteiger partial charge in [0.05, 0.1) is 17.3 Å². The zero-order valence-electron chi connectivity index (χ0n) is 15.8. The molecular weight excluding hydrogens is 394 g/mol. The predicted molar refractivity (Wildman–Crippen MR) is 103 cm³/mol. The van der Waals surface area contributed by atoms with Gasteiger partial charge in [0.2, 0.25) is 11.7 Å². The molecule has 0 saturated carbocycles. The maximum Gasteiger partial charge on any atom is 0.303 e. The molecule has 0 unspecified atom stereocenters. The van der Waals surface area contributed by atoms with Crippen molar-refractivity contribution in [2.45, 2.75) is 19.8 Å². The van der Waals surface area contributed by atoms with Gasteiger partial charge in [0.25, 0.3) is 0 Å². The van der Waals surface area contributed by atoms with Gasteiger partial charge in [0.1, 0.15) is 23.4 Å². The minimum atomic E-state index is -3.32. The summed E-state index contributed by atoms with van der Waals surface area (Å²) in [6.45, 7) is 2.04. The van der Waals surface area contributed by atoms with E-state index in [4.69, 9.17) is 4.42 Å². The zero-order valence-corrected chi connectivity index (χ0v) is 15.8. The van der Waals surface area contributed by atoms with Crippen LogP contribution in [0.1, 0.15) is 25.2 Å². The maximum absolute atomic E-state index is 14.1. The highest BCUT2D eigenvalue weighted by Crippen LogP contribution is 2.31. The number of rotatable bonds is 4. The largest absolute Gasteiger partial charge is 0.461 e. The van der Waals surface area contributed by atoms with Gasteiger partial charge < -0.3 is 14.3 Å². The summed E-state index contributed by atoms with van der Waals surface area (Å²) in [5.74, 6) is -3.80. The Hall–Kier alpha value is -4.13. The van der Waals surface area contributed by atoms with Gasteiger partial charge in [-0.1, -0.05) is 0 Å². The first-order chi connectivity index (χ1) is 14.3. The summed E-state index contributed by atoms with van der Waals surface area (Å²) < 4.78 is 35.1. The fourth-order valence-electron chi connectivity index (χ4n) is 2.94. The van der Waals surface area contributed by atoms with Gasteiger partial charge in [0, 0.05) is 43.8 Å². The molecule has 4 aromatic heterocycles. The molecule has 8 nitrogen and oxygen atoms in total. The molecule has 1 N–H and O–H groups in total. The number of nitrogens with zero attached hydrogens (tertiary/aromatic N) is 5. The fraction of sp³-hybridized carbons (Fsp3) is 0.150. The number of alkyl halides is 2. The van der Waals surface area contributed by atoms with Gasteiger partial charge in [-0.25, -0.2) is 15.0 Å². The van der Waals surface area contributed by atoms with Gasteiger partial charge in [-0.15, -0.1) is 0 Å². The Morgan fingerprint density at radius 3 is 2.80 bits per heavy atom. The van der Waals surface area contributed by atoms with Crippen LogP contribution in [0.15, 0.2) is 47.3 Å². The molecule has 1 amide bonds. The Morgan fingerprint density at radius 2 is 2.10 bits per heavy atom.